The minimum absolute atomic E-state index is 0.124. The zero-order chi connectivity index (χ0) is 20.6. The maximum absolute atomic E-state index is 12.8. The fraction of sp³-hybridized carbons (Fsp3) is 0.333. The molecule has 0 bridgehead atoms. The van der Waals surface area contributed by atoms with E-state index in [4.69, 9.17) is 9.47 Å². The van der Waals surface area contributed by atoms with Crippen LogP contribution in [0, 0.1) is 0 Å². The Labute approximate surface area is 174 Å². The molecule has 0 spiro atoms. The number of fused-ring (bicyclic) bond motifs is 2. The van der Waals surface area contributed by atoms with Crippen molar-refractivity contribution in [2.45, 2.75) is 37.1 Å². The largest absolute Gasteiger partial charge is 0.486 e. The third-order valence-electron chi connectivity index (χ3n) is 5.33. The fourth-order valence-electron chi connectivity index (χ4n) is 3.79. The van der Waals surface area contributed by atoms with Gasteiger partial charge in [-0.25, -0.2) is 8.42 Å². The lowest BCUT2D eigenvalue weighted by Crippen LogP contribution is -2.17. The Hall–Kier alpha value is -3.07. The molecule has 2 aromatic carbocycles. The number of hydrogen-bond acceptors (Lipinski definition) is 6. The summed E-state index contributed by atoms with van der Waals surface area (Å²) in [5, 5.41) is 8.68. The lowest BCUT2D eigenvalue weighted by molar-refractivity contribution is 0.171. The van der Waals surface area contributed by atoms with Crippen LogP contribution in [0.3, 0.4) is 0 Å². The molecule has 3 aromatic rings. The monoisotopic (exact) mass is 426 g/mol. The highest BCUT2D eigenvalue weighted by Gasteiger charge is 2.20. The molecule has 0 atom stereocenters. The second kappa shape index (κ2) is 7.64. The van der Waals surface area contributed by atoms with Crippen molar-refractivity contribution in [3.8, 4) is 22.9 Å². The topological polar surface area (TPSA) is 95.3 Å². The van der Waals surface area contributed by atoms with E-state index in [0.29, 0.717) is 30.4 Å². The number of anilines is 1. The second-order valence-electron chi connectivity index (χ2n) is 7.39. The Bertz CT molecular complexity index is 1170. The van der Waals surface area contributed by atoms with E-state index in [2.05, 4.69) is 19.5 Å². The molecule has 9 heteroatoms. The summed E-state index contributed by atoms with van der Waals surface area (Å²) in [6.45, 7) is 1.77. The first-order chi connectivity index (χ1) is 14.6. The number of aryl methyl sites for hydroxylation is 1. The Morgan fingerprint density at radius 2 is 1.70 bits per heavy atom. The highest BCUT2D eigenvalue weighted by Crippen LogP contribution is 2.33. The molecule has 0 saturated heterocycles. The average molecular weight is 426 g/mol. The maximum atomic E-state index is 12.8. The Balaban J connectivity index is 1.37. The molecule has 5 rings (SSSR count). The molecule has 8 nitrogen and oxygen atoms in total. The van der Waals surface area contributed by atoms with E-state index in [0.717, 1.165) is 43.0 Å². The van der Waals surface area contributed by atoms with E-state index in [1.54, 1.807) is 18.2 Å². The van der Waals surface area contributed by atoms with Gasteiger partial charge in [-0.15, -0.1) is 10.2 Å². The van der Waals surface area contributed by atoms with Crippen molar-refractivity contribution in [1.29, 1.82) is 0 Å². The highest BCUT2D eigenvalue weighted by atomic mass is 32.2. The fourth-order valence-corrected chi connectivity index (χ4v) is 4.86. The number of hydrogen-bond donors (Lipinski definition) is 1. The molecule has 1 aromatic heterocycles. The van der Waals surface area contributed by atoms with E-state index in [-0.39, 0.29) is 4.90 Å². The van der Waals surface area contributed by atoms with Gasteiger partial charge in [-0.1, -0.05) is 6.42 Å². The van der Waals surface area contributed by atoms with Gasteiger partial charge in [0.1, 0.15) is 19.0 Å². The molecular formula is C21H22N4O4S. The number of sulfonamides is 1. The van der Waals surface area contributed by atoms with Gasteiger partial charge in [0, 0.05) is 30.3 Å². The Morgan fingerprint density at radius 1 is 0.900 bits per heavy atom. The maximum Gasteiger partial charge on any atom is 0.262 e. The van der Waals surface area contributed by atoms with Crippen LogP contribution in [0.2, 0.25) is 0 Å². The number of benzene rings is 2. The summed E-state index contributed by atoms with van der Waals surface area (Å²) in [6.07, 6.45) is 4.40. The average Bonchev–Trinajstić information content (AvgIpc) is 3.01. The van der Waals surface area contributed by atoms with Crippen LogP contribution >= 0.6 is 0 Å². The predicted octanol–water partition coefficient (Wildman–Crippen LogP) is 3.24. The van der Waals surface area contributed by atoms with Crippen molar-refractivity contribution < 1.29 is 17.9 Å². The van der Waals surface area contributed by atoms with Gasteiger partial charge in [0.05, 0.1) is 4.90 Å². The molecular weight excluding hydrogens is 404 g/mol. The Kier molecular flexibility index (Phi) is 4.82. The van der Waals surface area contributed by atoms with Crippen LogP contribution in [0.15, 0.2) is 47.4 Å². The SMILES string of the molecule is O=S(=O)(Nc1ccc(-c2nnc3n2CCCCC3)cc1)c1ccc2c(c1)OCCO2. The van der Waals surface area contributed by atoms with Crippen LogP contribution in [0.4, 0.5) is 5.69 Å². The van der Waals surface area contributed by atoms with Gasteiger partial charge in [0.25, 0.3) is 10.0 Å². The first-order valence-corrected chi connectivity index (χ1v) is 11.5. The molecule has 0 aliphatic carbocycles. The zero-order valence-electron chi connectivity index (χ0n) is 16.4. The first-order valence-electron chi connectivity index (χ1n) is 10.1. The summed E-state index contributed by atoms with van der Waals surface area (Å²) < 4.78 is 41.3. The molecule has 0 radical (unpaired) electrons. The standard InChI is InChI=1S/C21H22N4O4S/c26-30(27,17-9-10-18-19(14-17)29-13-12-28-18)24-16-7-5-15(6-8-16)21-23-22-20-4-2-1-3-11-25(20)21/h5-10,14,24H,1-4,11-13H2. The Morgan fingerprint density at radius 3 is 2.53 bits per heavy atom. The van der Waals surface area contributed by atoms with Gasteiger partial charge >= 0.3 is 0 Å². The number of ether oxygens (including phenoxy) is 2. The molecule has 0 fully saturated rings. The van der Waals surface area contributed by atoms with Gasteiger partial charge < -0.3 is 14.0 Å². The van der Waals surface area contributed by atoms with Crippen molar-refractivity contribution in [2.24, 2.45) is 0 Å². The van der Waals surface area contributed by atoms with E-state index in [1.165, 1.54) is 18.6 Å². The third-order valence-corrected chi connectivity index (χ3v) is 6.71. The third kappa shape index (κ3) is 3.60. The summed E-state index contributed by atoms with van der Waals surface area (Å²) in [5.41, 5.74) is 1.39. The number of nitrogens with one attached hydrogen (secondary N) is 1. The minimum atomic E-state index is -3.75. The van der Waals surface area contributed by atoms with Crippen molar-refractivity contribution in [3.63, 3.8) is 0 Å². The minimum Gasteiger partial charge on any atom is -0.486 e. The number of rotatable bonds is 4. The van der Waals surface area contributed by atoms with Gasteiger partial charge in [0.2, 0.25) is 0 Å². The van der Waals surface area contributed by atoms with Crippen molar-refractivity contribution >= 4 is 15.7 Å². The highest BCUT2D eigenvalue weighted by molar-refractivity contribution is 7.92. The summed E-state index contributed by atoms with van der Waals surface area (Å²) in [6, 6.07) is 11.8. The smallest absolute Gasteiger partial charge is 0.262 e. The van der Waals surface area contributed by atoms with Crippen LogP contribution in [-0.4, -0.2) is 36.4 Å². The molecule has 30 heavy (non-hydrogen) atoms. The summed E-state index contributed by atoms with van der Waals surface area (Å²) in [4.78, 5) is 0.124. The summed E-state index contributed by atoms with van der Waals surface area (Å²) >= 11 is 0. The quantitative estimate of drug-likeness (QED) is 0.688. The summed E-state index contributed by atoms with van der Waals surface area (Å²) in [5.74, 6) is 2.84. The van der Waals surface area contributed by atoms with Crippen LogP contribution in [0.5, 0.6) is 11.5 Å². The summed E-state index contributed by atoms with van der Waals surface area (Å²) in [7, 11) is -3.75. The number of aromatic nitrogens is 3. The van der Waals surface area contributed by atoms with E-state index >= 15 is 0 Å². The van der Waals surface area contributed by atoms with Gasteiger partial charge in [0.15, 0.2) is 17.3 Å². The van der Waals surface area contributed by atoms with Crippen molar-refractivity contribution in [2.75, 3.05) is 17.9 Å². The number of nitrogens with zero attached hydrogens (tertiary/aromatic N) is 3. The molecule has 0 unspecified atom stereocenters. The molecule has 156 valence electrons. The second-order valence-corrected chi connectivity index (χ2v) is 9.07. The molecule has 0 saturated carbocycles. The van der Waals surface area contributed by atoms with Crippen molar-refractivity contribution in [3.05, 3.63) is 48.3 Å². The van der Waals surface area contributed by atoms with Crippen LogP contribution in [-0.2, 0) is 23.0 Å². The van der Waals surface area contributed by atoms with Crippen LogP contribution in [0.1, 0.15) is 25.1 Å². The van der Waals surface area contributed by atoms with Crippen LogP contribution < -0.4 is 14.2 Å². The normalized spacial score (nSPS) is 15.9. The molecule has 3 heterocycles. The van der Waals surface area contributed by atoms with Crippen LogP contribution in [0.25, 0.3) is 11.4 Å². The predicted molar refractivity (Wildman–Crippen MR) is 111 cm³/mol. The first kappa shape index (κ1) is 18.9. The molecule has 1 N–H and O–H groups in total. The zero-order valence-corrected chi connectivity index (χ0v) is 17.2. The lowest BCUT2D eigenvalue weighted by Gasteiger charge is -2.19. The van der Waals surface area contributed by atoms with E-state index < -0.39 is 10.0 Å². The van der Waals surface area contributed by atoms with E-state index in [9.17, 15) is 8.42 Å². The molecule has 2 aliphatic rings. The lowest BCUT2D eigenvalue weighted by atomic mass is 10.2. The molecule has 2 aliphatic heterocycles. The molecule has 0 amide bonds. The van der Waals surface area contributed by atoms with E-state index in [1.807, 2.05) is 12.1 Å². The van der Waals surface area contributed by atoms with Gasteiger partial charge in [-0.05, 0) is 49.2 Å². The van der Waals surface area contributed by atoms with Gasteiger partial charge in [-0.2, -0.15) is 0 Å². The van der Waals surface area contributed by atoms with Crippen molar-refractivity contribution in [1.82, 2.24) is 14.8 Å². The van der Waals surface area contributed by atoms with Gasteiger partial charge in [-0.3, -0.25) is 4.72 Å².